The molecule has 1 aliphatic heterocycles. The van der Waals surface area contributed by atoms with Gasteiger partial charge in [0.25, 0.3) is 5.91 Å². The third-order valence-corrected chi connectivity index (χ3v) is 12.2. The molecule has 3 aliphatic rings. The first-order chi connectivity index (χ1) is 24.7. The van der Waals surface area contributed by atoms with Gasteiger partial charge in [0, 0.05) is 35.7 Å². The number of carbonyl (C=O) groups excluding carboxylic acids is 3. The van der Waals surface area contributed by atoms with Crippen molar-refractivity contribution < 1.29 is 45.1 Å². The Balaban J connectivity index is 1.32. The number of hydrogen-bond acceptors (Lipinski definition) is 8. The van der Waals surface area contributed by atoms with E-state index in [1.165, 1.54) is 11.8 Å². The lowest BCUT2D eigenvalue weighted by Crippen LogP contribution is -2.58. The molecule has 1 aromatic heterocycles. The number of aromatic nitrogens is 1. The van der Waals surface area contributed by atoms with Crippen LogP contribution in [-0.4, -0.2) is 71.0 Å². The van der Waals surface area contributed by atoms with Gasteiger partial charge in [-0.1, -0.05) is 45.5 Å². The Bertz CT molecular complexity index is 2150. The van der Waals surface area contributed by atoms with Crippen molar-refractivity contribution in [3.05, 3.63) is 84.0 Å². The Morgan fingerprint density at radius 1 is 1.09 bits per heavy atom. The number of fused-ring (bicyclic) bond motifs is 1. The van der Waals surface area contributed by atoms with Crippen LogP contribution < -0.4 is 20.1 Å². The molecule has 282 valence electrons. The molecule has 4 atom stereocenters. The summed E-state index contributed by atoms with van der Waals surface area (Å²) in [4.78, 5) is 47.9. The minimum Gasteiger partial charge on any atom is -0.472 e. The molecule has 2 heterocycles. The summed E-state index contributed by atoms with van der Waals surface area (Å²) in [5.41, 5.74) is -1.53. The largest absolute Gasteiger partial charge is 0.472 e. The lowest BCUT2D eigenvalue weighted by Gasteiger charge is -2.36. The van der Waals surface area contributed by atoms with E-state index in [4.69, 9.17) is 4.74 Å². The lowest BCUT2D eigenvalue weighted by molar-refractivity contribution is -0.141. The summed E-state index contributed by atoms with van der Waals surface area (Å²) >= 11 is 0. The van der Waals surface area contributed by atoms with E-state index in [1.807, 2.05) is 12.1 Å². The monoisotopic (exact) mass is 757 g/mol. The molecule has 0 unspecified atom stereocenters. The molecular weight excluding hydrogens is 718 g/mol. The maximum absolute atomic E-state index is 14.5. The maximum Gasteiger partial charge on any atom is 0.416 e. The van der Waals surface area contributed by atoms with Gasteiger partial charge < -0.3 is 20.3 Å². The molecule has 53 heavy (non-hydrogen) atoms. The molecule has 2 aliphatic carbocycles. The number of benzene rings is 2. The Hall–Kier alpha value is -4.95. The van der Waals surface area contributed by atoms with Crippen molar-refractivity contribution in [2.75, 3.05) is 11.9 Å². The number of hydrogen-bond donors (Lipinski definition) is 3. The zero-order valence-corrected chi connectivity index (χ0v) is 30.3. The zero-order chi connectivity index (χ0) is 38.7. The van der Waals surface area contributed by atoms with Crippen molar-refractivity contribution in [3.63, 3.8) is 0 Å². The Kier molecular flexibility index (Phi) is 9.39. The number of sulfonamides is 1. The van der Waals surface area contributed by atoms with Crippen molar-refractivity contribution in [2.45, 2.75) is 88.0 Å². The summed E-state index contributed by atoms with van der Waals surface area (Å²) in [6.45, 7) is 9.85. The van der Waals surface area contributed by atoms with Crippen LogP contribution >= 0.6 is 0 Å². The molecular formula is C37H39F4N5O6S. The fraction of sp³-hybridized carbons (Fsp3) is 0.432. The van der Waals surface area contributed by atoms with E-state index in [-0.39, 0.29) is 36.5 Å². The van der Waals surface area contributed by atoms with E-state index in [1.54, 1.807) is 45.2 Å². The van der Waals surface area contributed by atoms with Gasteiger partial charge in [0.1, 0.15) is 24.0 Å². The lowest BCUT2D eigenvalue weighted by atomic mass is 9.85. The van der Waals surface area contributed by atoms with Gasteiger partial charge in [0.15, 0.2) is 5.54 Å². The van der Waals surface area contributed by atoms with E-state index in [0.29, 0.717) is 30.4 Å². The second-order valence-electron chi connectivity index (χ2n) is 15.1. The number of carbonyl (C=O) groups is 3. The number of anilines is 1. The summed E-state index contributed by atoms with van der Waals surface area (Å²) < 4.78 is 88.3. The van der Waals surface area contributed by atoms with Crippen LogP contribution in [0.1, 0.15) is 58.9 Å². The van der Waals surface area contributed by atoms with Gasteiger partial charge in [-0.15, -0.1) is 5.73 Å². The first kappa shape index (κ1) is 37.8. The molecule has 3 fully saturated rings. The molecule has 6 rings (SSSR count). The number of halogens is 4. The van der Waals surface area contributed by atoms with Crippen LogP contribution in [0.15, 0.2) is 72.6 Å². The molecule has 2 aromatic carbocycles. The highest BCUT2D eigenvalue weighted by atomic mass is 32.2. The fourth-order valence-corrected chi connectivity index (χ4v) is 7.74. The summed E-state index contributed by atoms with van der Waals surface area (Å²) in [6, 6.07) is 8.34. The minimum absolute atomic E-state index is 0.0753. The van der Waals surface area contributed by atoms with E-state index in [9.17, 15) is 40.4 Å². The second-order valence-corrected chi connectivity index (χ2v) is 17.3. The van der Waals surface area contributed by atoms with E-state index >= 15 is 0 Å². The van der Waals surface area contributed by atoms with Gasteiger partial charge in [0.05, 0.1) is 16.9 Å². The zero-order valence-electron chi connectivity index (χ0n) is 29.4. The maximum atomic E-state index is 14.5. The molecule has 16 heteroatoms. The highest BCUT2D eigenvalue weighted by Gasteiger charge is 2.61. The first-order valence-electron chi connectivity index (χ1n) is 16.9. The first-order valence-corrected chi connectivity index (χ1v) is 18.4. The third kappa shape index (κ3) is 7.47. The van der Waals surface area contributed by atoms with Crippen molar-refractivity contribution in [1.29, 1.82) is 0 Å². The smallest absolute Gasteiger partial charge is 0.416 e. The molecule has 3 amide bonds. The standard InChI is InChI=1S/C37H39F4N5O6S/c1-6-22-19-36(22,33(49)45-53(50,51)35(5)12-13-35)44-30(47)28-18-26(52-31-27-10-8-7-9-21(27)11-14-42-31)20-46(28)32(48)29(34(2,3)4)43-25-16-23(37(39,40)41)15-24(38)17-25/h7-11,14-17,26,28-29,43H,1,12-13,18-20H2,2-5H3,(H,44,47)(H,45,49)/t26-,28+,29-,36-/m1/s1. The molecule has 1 saturated heterocycles. The molecule has 0 radical (unpaired) electrons. The highest BCUT2D eigenvalue weighted by molar-refractivity contribution is 7.91. The summed E-state index contributed by atoms with van der Waals surface area (Å²) in [5, 5.41) is 6.91. The average molecular weight is 758 g/mol. The van der Waals surface area contributed by atoms with Gasteiger partial charge in [-0.3, -0.25) is 19.1 Å². The fourth-order valence-electron chi connectivity index (χ4n) is 6.44. The van der Waals surface area contributed by atoms with Crippen LogP contribution in [0.5, 0.6) is 5.88 Å². The van der Waals surface area contributed by atoms with Crippen LogP contribution in [0.25, 0.3) is 10.8 Å². The van der Waals surface area contributed by atoms with Crippen LogP contribution in [0.4, 0.5) is 23.2 Å². The molecule has 3 aromatic rings. The highest BCUT2D eigenvalue weighted by Crippen LogP contribution is 2.46. The van der Waals surface area contributed by atoms with Gasteiger partial charge in [-0.25, -0.2) is 17.8 Å². The Labute approximate surface area is 303 Å². The van der Waals surface area contributed by atoms with Crippen LogP contribution in [0, 0.1) is 11.2 Å². The SMILES string of the molecule is C=C=C1C[C@]1(NC(=O)[C@@H]1C[C@@H](Oc2nccc3ccccc23)CN1C(=O)[C@@H](Nc1cc(F)cc(C(F)(F)F)c1)C(C)(C)C)C(=O)NS(=O)(=O)C1(C)CC1. The van der Waals surface area contributed by atoms with Gasteiger partial charge >= 0.3 is 6.18 Å². The number of rotatable bonds is 10. The Morgan fingerprint density at radius 3 is 2.42 bits per heavy atom. The number of ether oxygens (including phenoxy) is 1. The Morgan fingerprint density at radius 2 is 1.79 bits per heavy atom. The molecule has 3 N–H and O–H groups in total. The van der Waals surface area contributed by atoms with Gasteiger partial charge in [0.2, 0.25) is 27.7 Å². The topological polar surface area (TPSA) is 147 Å². The van der Waals surface area contributed by atoms with Gasteiger partial charge in [-0.2, -0.15) is 13.2 Å². The minimum atomic E-state index is -4.86. The number of nitrogens with one attached hydrogen (secondary N) is 3. The average Bonchev–Trinajstić information content (AvgIpc) is 3.96. The quantitative estimate of drug-likeness (QED) is 0.188. The van der Waals surface area contributed by atoms with E-state index in [2.05, 4.69) is 32.6 Å². The van der Waals surface area contributed by atoms with Crippen LogP contribution in [0.2, 0.25) is 0 Å². The number of likely N-dealkylation sites (tertiary alicyclic amines) is 1. The van der Waals surface area contributed by atoms with Crippen molar-refractivity contribution in [1.82, 2.24) is 19.9 Å². The van der Waals surface area contributed by atoms with Crippen LogP contribution in [-0.2, 0) is 30.6 Å². The third-order valence-electron chi connectivity index (χ3n) is 10.0. The molecule has 0 bridgehead atoms. The second kappa shape index (κ2) is 13.2. The van der Waals surface area contributed by atoms with Crippen molar-refractivity contribution in [3.8, 4) is 5.88 Å². The van der Waals surface area contributed by atoms with Gasteiger partial charge in [-0.05, 0) is 60.9 Å². The van der Waals surface area contributed by atoms with E-state index < -0.39 is 79.2 Å². The van der Waals surface area contributed by atoms with Crippen LogP contribution in [0.3, 0.4) is 0 Å². The van der Waals surface area contributed by atoms with Crippen molar-refractivity contribution in [2.24, 2.45) is 5.41 Å². The molecule has 2 saturated carbocycles. The molecule has 0 spiro atoms. The number of nitrogens with zero attached hydrogens (tertiary/aromatic N) is 2. The normalized spacial score (nSPS) is 22.8. The number of amides is 3. The number of alkyl halides is 3. The molecule has 11 nitrogen and oxygen atoms in total. The summed E-state index contributed by atoms with van der Waals surface area (Å²) in [5.74, 6) is -3.46. The summed E-state index contributed by atoms with van der Waals surface area (Å²) in [7, 11) is -4.08. The predicted molar refractivity (Wildman–Crippen MR) is 187 cm³/mol. The van der Waals surface area contributed by atoms with E-state index in [0.717, 1.165) is 11.5 Å². The summed E-state index contributed by atoms with van der Waals surface area (Å²) in [6.07, 6.45) is -3.59. The predicted octanol–water partition coefficient (Wildman–Crippen LogP) is 5.24. The number of pyridine rings is 1. The van der Waals surface area contributed by atoms with Crippen molar-refractivity contribution >= 4 is 44.2 Å².